The molecule has 7 heteroatoms. The first kappa shape index (κ1) is 15.9. The maximum atomic E-state index is 12.5. The average Bonchev–Trinajstić information content (AvgIpc) is 2.46. The number of halogens is 1. The molecule has 0 saturated carbocycles. The van der Waals surface area contributed by atoms with Crippen molar-refractivity contribution in [2.45, 2.75) is 19.9 Å². The minimum atomic E-state index is -0.488. The van der Waals surface area contributed by atoms with Gasteiger partial charge in [-0.3, -0.25) is 19.8 Å². The van der Waals surface area contributed by atoms with Gasteiger partial charge in [0.05, 0.1) is 9.40 Å². The minimum Gasteiger partial charge on any atom is -0.336 e. The summed E-state index contributed by atoms with van der Waals surface area (Å²) in [6.07, 6.45) is 0. The topological polar surface area (TPSA) is 66.7 Å². The lowest BCUT2D eigenvalue weighted by Gasteiger charge is -2.39. The molecule has 0 radical (unpaired) electrons. The number of amides is 1. The molecule has 6 nitrogen and oxygen atoms in total. The molecule has 1 atom stereocenters. The standard InChI is InChI=1S/C14H18BrN3O3/c1-3-16-6-7-17(9-10(16)2)14(19)11-4-5-12(15)13(8-11)18(20)21/h4-5,8,10H,3,6-7,9H2,1-2H3. The predicted octanol–water partition coefficient (Wildman–Crippen LogP) is 2.52. The number of nitro benzene ring substituents is 1. The van der Waals surface area contributed by atoms with Crippen molar-refractivity contribution in [3.63, 3.8) is 0 Å². The zero-order chi connectivity index (χ0) is 15.6. The molecule has 114 valence electrons. The van der Waals surface area contributed by atoms with Crippen molar-refractivity contribution in [2.24, 2.45) is 0 Å². The van der Waals surface area contributed by atoms with E-state index in [1.54, 1.807) is 17.0 Å². The van der Waals surface area contributed by atoms with Crippen molar-refractivity contribution in [1.29, 1.82) is 0 Å². The van der Waals surface area contributed by atoms with Gasteiger partial charge in [-0.2, -0.15) is 0 Å². The van der Waals surface area contributed by atoms with E-state index >= 15 is 0 Å². The molecule has 0 aromatic heterocycles. The SMILES string of the molecule is CCN1CCN(C(=O)c2ccc(Br)c([N+](=O)[O-])c2)CC1C. The van der Waals surface area contributed by atoms with Crippen LogP contribution in [0.25, 0.3) is 0 Å². The summed E-state index contributed by atoms with van der Waals surface area (Å²) in [5.41, 5.74) is 0.281. The molecule has 2 rings (SSSR count). The van der Waals surface area contributed by atoms with Gasteiger partial charge in [-0.1, -0.05) is 6.92 Å². The molecular formula is C14H18BrN3O3. The second-order valence-electron chi connectivity index (χ2n) is 5.15. The molecule has 1 aromatic rings. The van der Waals surface area contributed by atoms with Crippen LogP contribution >= 0.6 is 15.9 Å². The van der Waals surface area contributed by atoms with Crippen LogP contribution in [0.1, 0.15) is 24.2 Å². The molecule has 1 amide bonds. The average molecular weight is 356 g/mol. The molecule has 1 aromatic carbocycles. The maximum Gasteiger partial charge on any atom is 0.284 e. The summed E-state index contributed by atoms with van der Waals surface area (Å²) in [5, 5.41) is 11.0. The Labute approximate surface area is 132 Å². The number of rotatable bonds is 3. The second kappa shape index (κ2) is 6.53. The van der Waals surface area contributed by atoms with E-state index in [1.165, 1.54) is 6.07 Å². The zero-order valence-electron chi connectivity index (χ0n) is 12.1. The number of carbonyl (C=O) groups is 1. The fraction of sp³-hybridized carbons (Fsp3) is 0.500. The highest BCUT2D eigenvalue weighted by Gasteiger charge is 2.27. The first-order valence-electron chi connectivity index (χ1n) is 6.91. The Morgan fingerprint density at radius 3 is 2.76 bits per heavy atom. The Balaban J connectivity index is 2.17. The predicted molar refractivity (Wildman–Crippen MR) is 83.4 cm³/mol. The molecule has 1 unspecified atom stereocenters. The van der Waals surface area contributed by atoms with Crippen molar-refractivity contribution in [3.05, 3.63) is 38.3 Å². The van der Waals surface area contributed by atoms with E-state index in [1.807, 2.05) is 0 Å². The third kappa shape index (κ3) is 3.41. The summed E-state index contributed by atoms with van der Waals surface area (Å²) in [4.78, 5) is 27.0. The molecular weight excluding hydrogens is 338 g/mol. The molecule has 1 saturated heterocycles. The van der Waals surface area contributed by atoms with Crippen molar-refractivity contribution >= 4 is 27.5 Å². The highest BCUT2D eigenvalue weighted by Crippen LogP contribution is 2.26. The van der Waals surface area contributed by atoms with Crippen LogP contribution in [-0.4, -0.2) is 52.9 Å². The van der Waals surface area contributed by atoms with Crippen LogP contribution in [0.5, 0.6) is 0 Å². The maximum absolute atomic E-state index is 12.5. The number of hydrogen-bond donors (Lipinski definition) is 0. The van der Waals surface area contributed by atoms with Crippen molar-refractivity contribution in [2.75, 3.05) is 26.2 Å². The highest BCUT2D eigenvalue weighted by atomic mass is 79.9. The largest absolute Gasteiger partial charge is 0.336 e. The quantitative estimate of drug-likeness (QED) is 0.617. The number of likely N-dealkylation sites (N-methyl/N-ethyl adjacent to an activating group) is 1. The van der Waals surface area contributed by atoms with Gasteiger partial charge in [0.1, 0.15) is 0 Å². The fourth-order valence-electron chi connectivity index (χ4n) is 2.62. The number of hydrogen-bond acceptors (Lipinski definition) is 4. The number of nitro groups is 1. The van der Waals surface area contributed by atoms with E-state index in [-0.39, 0.29) is 11.6 Å². The highest BCUT2D eigenvalue weighted by molar-refractivity contribution is 9.10. The molecule has 0 bridgehead atoms. The minimum absolute atomic E-state index is 0.0823. The molecule has 1 fully saturated rings. The Kier molecular flexibility index (Phi) is 4.95. The van der Waals surface area contributed by atoms with E-state index in [2.05, 4.69) is 34.7 Å². The lowest BCUT2D eigenvalue weighted by Crippen LogP contribution is -2.53. The smallest absolute Gasteiger partial charge is 0.284 e. The van der Waals surface area contributed by atoms with Gasteiger partial charge in [0, 0.05) is 37.3 Å². The van der Waals surface area contributed by atoms with Crippen LogP contribution in [0.15, 0.2) is 22.7 Å². The molecule has 21 heavy (non-hydrogen) atoms. The molecule has 0 N–H and O–H groups in total. The Morgan fingerprint density at radius 1 is 1.48 bits per heavy atom. The van der Waals surface area contributed by atoms with Gasteiger partial charge >= 0.3 is 0 Å². The lowest BCUT2D eigenvalue weighted by molar-refractivity contribution is -0.385. The Morgan fingerprint density at radius 2 is 2.19 bits per heavy atom. The van der Waals surface area contributed by atoms with E-state index < -0.39 is 4.92 Å². The summed E-state index contributed by atoms with van der Waals surface area (Å²) >= 11 is 3.13. The van der Waals surface area contributed by atoms with Crippen LogP contribution < -0.4 is 0 Å². The summed E-state index contributed by atoms with van der Waals surface area (Å²) in [7, 11) is 0. The zero-order valence-corrected chi connectivity index (χ0v) is 13.7. The lowest BCUT2D eigenvalue weighted by atomic mass is 10.1. The van der Waals surface area contributed by atoms with Gasteiger partial charge in [-0.05, 0) is 41.5 Å². The monoisotopic (exact) mass is 355 g/mol. The number of benzene rings is 1. The normalized spacial score (nSPS) is 19.6. The second-order valence-corrected chi connectivity index (χ2v) is 6.01. The van der Waals surface area contributed by atoms with Gasteiger partial charge < -0.3 is 4.90 Å². The van der Waals surface area contributed by atoms with E-state index in [4.69, 9.17) is 0 Å². The van der Waals surface area contributed by atoms with E-state index in [0.717, 1.165) is 13.1 Å². The molecule has 1 aliphatic rings. The van der Waals surface area contributed by atoms with Gasteiger partial charge in [-0.15, -0.1) is 0 Å². The number of piperazine rings is 1. The van der Waals surface area contributed by atoms with Gasteiger partial charge in [0.2, 0.25) is 0 Å². The van der Waals surface area contributed by atoms with Crippen LogP contribution in [-0.2, 0) is 0 Å². The Hall–Kier alpha value is -1.47. The van der Waals surface area contributed by atoms with Crippen molar-refractivity contribution < 1.29 is 9.72 Å². The first-order chi connectivity index (χ1) is 9.93. The van der Waals surface area contributed by atoms with Gasteiger partial charge in [0.15, 0.2) is 0 Å². The molecule has 0 spiro atoms. The summed E-state index contributed by atoms with van der Waals surface area (Å²) in [6, 6.07) is 4.81. The molecule has 1 aliphatic heterocycles. The molecule has 0 aliphatic carbocycles. The van der Waals surface area contributed by atoms with Gasteiger partial charge in [-0.25, -0.2) is 0 Å². The molecule has 1 heterocycles. The van der Waals surface area contributed by atoms with Crippen LogP contribution in [0.2, 0.25) is 0 Å². The summed E-state index contributed by atoms with van der Waals surface area (Å²) < 4.78 is 0.383. The first-order valence-corrected chi connectivity index (χ1v) is 7.70. The van der Waals surface area contributed by atoms with Crippen molar-refractivity contribution in [3.8, 4) is 0 Å². The van der Waals surface area contributed by atoms with Crippen LogP contribution in [0.4, 0.5) is 5.69 Å². The third-order valence-corrected chi connectivity index (χ3v) is 4.52. The summed E-state index contributed by atoms with van der Waals surface area (Å²) in [5.74, 6) is -0.145. The summed E-state index contributed by atoms with van der Waals surface area (Å²) in [6.45, 7) is 7.30. The van der Waals surface area contributed by atoms with E-state index in [9.17, 15) is 14.9 Å². The third-order valence-electron chi connectivity index (χ3n) is 3.85. The van der Waals surface area contributed by atoms with Crippen molar-refractivity contribution in [1.82, 2.24) is 9.80 Å². The fourth-order valence-corrected chi connectivity index (χ4v) is 3.01. The number of nitrogens with zero attached hydrogens (tertiary/aromatic N) is 3. The number of carbonyl (C=O) groups excluding carboxylic acids is 1. The van der Waals surface area contributed by atoms with Crippen LogP contribution in [0.3, 0.4) is 0 Å². The Bertz CT molecular complexity index is 564. The van der Waals surface area contributed by atoms with E-state index in [0.29, 0.717) is 29.2 Å². The van der Waals surface area contributed by atoms with Gasteiger partial charge in [0.25, 0.3) is 11.6 Å². The van der Waals surface area contributed by atoms with Crippen LogP contribution in [0, 0.1) is 10.1 Å².